The number of methoxy groups -OCH3 is 5. The molecule has 1 saturated heterocycles. The van der Waals surface area contributed by atoms with Crippen LogP contribution < -0.4 is 28.6 Å². The van der Waals surface area contributed by atoms with Gasteiger partial charge in [-0.15, -0.1) is 0 Å². The summed E-state index contributed by atoms with van der Waals surface area (Å²) in [5.74, 6) is 3.14. The Morgan fingerprint density at radius 2 is 1.17 bits per heavy atom. The molecule has 0 bridgehead atoms. The Bertz CT molecular complexity index is 1890. The molecular weight excluding hydrogens is 584 g/mol. The molecule has 6 rings (SSSR count). The number of nitrogens with zero attached hydrogens (tertiary/aromatic N) is 4. The minimum Gasteiger partial charge on any atom is -0.497 e. The highest BCUT2D eigenvalue weighted by molar-refractivity contribution is 5.98. The Morgan fingerprint density at radius 1 is 0.587 bits per heavy atom. The Hall–Kier alpha value is -5.51. The van der Waals surface area contributed by atoms with E-state index in [0.717, 1.165) is 35.7 Å². The number of anilines is 1. The molecule has 1 amide bonds. The molecule has 2 heterocycles. The number of hydrogen-bond acceptors (Lipinski definition) is 9. The van der Waals surface area contributed by atoms with Gasteiger partial charge in [0, 0.05) is 54.6 Å². The summed E-state index contributed by atoms with van der Waals surface area (Å²) in [7, 11) is 8.05. The van der Waals surface area contributed by atoms with Gasteiger partial charge in [-0.05, 0) is 66.7 Å². The number of carbonyl (C=O) groups is 1. The van der Waals surface area contributed by atoms with Crippen LogP contribution in [0, 0.1) is 0 Å². The Labute approximate surface area is 268 Å². The van der Waals surface area contributed by atoms with Crippen molar-refractivity contribution in [3.8, 4) is 51.3 Å². The van der Waals surface area contributed by atoms with Crippen LogP contribution in [0.3, 0.4) is 0 Å². The number of fused-ring (bicyclic) bond motifs is 1. The van der Waals surface area contributed by atoms with E-state index in [-0.39, 0.29) is 5.91 Å². The number of amides is 1. The topological polar surface area (TPSA) is 95.5 Å². The van der Waals surface area contributed by atoms with Crippen LogP contribution >= 0.6 is 0 Å². The lowest BCUT2D eigenvalue weighted by Gasteiger charge is -2.36. The van der Waals surface area contributed by atoms with Gasteiger partial charge in [0.15, 0.2) is 23.0 Å². The van der Waals surface area contributed by atoms with Crippen LogP contribution in [0.4, 0.5) is 5.69 Å². The third-order valence-corrected chi connectivity index (χ3v) is 8.21. The van der Waals surface area contributed by atoms with Crippen LogP contribution in [-0.4, -0.2) is 82.5 Å². The quantitative estimate of drug-likeness (QED) is 0.198. The Kier molecular flexibility index (Phi) is 8.78. The van der Waals surface area contributed by atoms with Gasteiger partial charge in [0.05, 0.1) is 58.0 Å². The van der Waals surface area contributed by atoms with Gasteiger partial charge in [-0.3, -0.25) is 4.79 Å². The zero-order chi connectivity index (χ0) is 32.2. The molecule has 0 radical (unpaired) electrons. The van der Waals surface area contributed by atoms with Crippen LogP contribution in [0.1, 0.15) is 10.4 Å². The highest BCUT2D eigenvalue weighted by atomic mass is 16.5. The second kappa shape index (κ2) is 13.2. The lowest BCUT2D eigenvalue weighted by Crippen LogP contribution is -2.48. The van der Waals surface area contributed by atoms with Gasteiger partial charge in [0.2, 0.25) is 0 Å². The average molecular weight is 621 g/mol. The van der Waals surface area contributed by atoms with Crippen molar-refractivity contribution in [2.75, 3.05) is 66.6 Å². The van der Waals surface area contributed by atoms with Crippen molar-refractivity contribution in [3.63, 3.8) is 0 Å². The number of ether oxygens (including phenoxy) is 5. The van der Waals surface area contributed by atoms with Gasteiger partial charge < -0.3 is 33.5 Å². The van der Waals surface area contributed by atoms with Crippen molar-refractivity contribution in [1.29, 1.82) is 0 Å². The molecule has 1 aliphatic rings. The molecule has 0 unspecified atom stereocenters. The Morgan fingerprint density at radius 3 is 1.74 bits per heavy atom. The molecule has 1 fully saturated rings. The van der Waals surface area contributed by atoms with Crippen molar-refractivity contribution in [2.45, 2.75) is 0 Å². The van der Waals surface area contributed by atoms with Crippen LogP contribution in [0.5, 0.6) is 28.7 Å². The summed E-state index contributed by atoms with van der Waals surface area (Å²) in [6.45, 7) is 2.67. The molecule has 0 atom stereocenters. The predicted molar refractivity (Wildman–Crippen MR) is 178 cm³/mol. The molecule has 5 aromatic rings. The first kappa shape index (κ1) is 30.5. The molecule has 1 aromatic heterocycles. The van der Waals surface area contributed by atoms with E-state index in [1.54, 1.807) is 35.5 Å². The number of rotatable bonds is 9. The fraction of sp³-hybridized carbons (Fsp3) is 0.250. The maximum absolute atomic E-state index is 13.7. The largest absolute Gasteiger partial charge is 0.497 e. The summed E-state index contributed by atoms with van der Waals surface area (Å²) in [6, 6.07) is 24.8. The summed E-state index contributed by atoms with van der Waals surface area (Å²) >= 11 is 0. The molecule has 0 N–H and O–H groups in total. The third kappa shape index (κ3) is 5.93. The van der Waals surface area contributed by atoms with E-state index in [4.69, 9.17) is 33.7 Å². The minimum absolute atomic E-state index is 0.0365. The van der Waals surface area contributed by atoms with Crippen LogP contribution in [0.15, 0.2) is 78.9 Å². The fourth-order valence-electron chi connectivity index (χ4n) is 5.71. The van der Waals surface area contributed by atoms with Crippen molar-refractivity contribution >= 4 is 22.6 Å². The van der Waals surface area contributed by atoms with Gasteiger partial charge >= 0.3 is 0 Å². The first-order chi connectivity index (χ1) is 22.5. The van der Waals surface area contributed by atoms with Crippen LogP contribution in [0.25, 0.3) is 33.5 Å². The lowest BCUT2D eigenvalue weighted by molar-refractivity contribution is 0.0747. The summed E-state index contributed by atoms with van der Waals surface area (Å²) in [6.07, 6.45) is 0. The fourth-order valence-corrected chi connectivity index (χ4v) is 5.71. The second-order valence-electron chi connectivity index (χ2n) is 10.7. The average Bonchev–Trinajstić information content (AvgIpc) is 3.13. The first-order valence-electron chi connectivity index (χ1n) is 14.9. The standard InChI is InChI=1S/C36H36N4O6/c1-42-27-8-6-7-26(22-27)39-15-17-40(18-16-39)36(41)25-9-12-28-29(19-25)38-35(24-11-14-31(44-3)33(21-24)46-5)34(37-28)23-10-13-30(43-2)32(20-23)45-4/h6-14,19-22H,15-18H2,1-5H3. The molecule has 0 spiro atoms. The zero-order valence-electron chi connectivity index (χ0n) is 26.6. The number of piperazine rings is 1. The van der Waals surface area contributed by atoms with E-state index in [0.29, 0.717) is 64.1 Å². The van der Waals surface area contributed by atoms with E-state index in [9.17, 15) is 4.79 Å². The van der Waals surface area contributed by atoms with E-state index < -0.39 is 0 Å². The van der Waals surface area contributed by atoms with Gasteiger partial charge in [-0.25, -0.2) is 9.97 Å². The van der Waals surface area contributed by atoms with Crippen molar-refractivity contribution in [3.05, 3.63) is 84.4 Å². The molecule has 46 heavy (non-hydrogen) atoms. The molecular formula is C36H36N4O6. The Balaban J connectivity index is 1.35. The van der Waals surface area contributed by atoms with E-state index in [1.165, 1.54) is 0 Å². The third-order valence-electron chi connectivity index (χ3n) is 8.21. The van der Waals surface area contributed by atoms with Crippen molar-refractivity contribution < 1.29 is 28.5 Å². The summed E-state index contributed by atoms with van der Waals surface area (Å²) in [4.78, 5) is 28.0. The summed E-state index contributed by atoms with van der Waals surface area (Å²) in [5, 5.41) is 0. The lowest BCUT2D eigenvalue weighted by atomic mass is 10.0. The maximum atomic E-state index is 13.7. The normalized spacial score (nSPS) is 13.0. The number of hydrogen-bond donors (Lipinski definition) is 0. The van der Waals surface area contributed by atoms with Gasteiger partial charge in [0.25, 0.3) is 5.91 Å². The smallest absolute Gasteiger partial charge is 0.254 e. The van der Waals surface area contributed by atoms with Crippen LogP contribution in [-0.2, 0) is 0 Å². The number of carbonyl (C=O) groups excluding carboxylic acids is 1. The summed E-state index contributed by atoms with van der Waals surface area (Å²) < 4.78 is 27.5. The van der Waals surface area contributed by atoms with Gasteiger partial charge in [0.1, 0.15) is 5.75 Å². The van der Waals surface area contributed by atoms with Crippen molar-refractivity contribution in [2.24, 2.45) is 0 Å². The molecule has 0 aliphatic carbocycles. The molecule has 10 heteroatoms. The summed E-state index contributed by atoms with van der Waals surface area (Å²) in [5.41, 5.74) is 5.76. The van der Waals surface area contributed by atoms with E-state index >= 15 is 0 Å². The maximum Gasteiger partial charge on any atom is 0.254 e. The molecule has 0 saturated carbocycles. The SMILES string of the molecule is COc1cccc(N2CCN(C(=O)c3ccc4nc(-c5ccc(OC)c(OC)c5)c(-c5ccc(OC)c(OC)c5)nc4c3)CC2)c1. The van der Waals surface area contributed by atoms with Gasteiger partial charge in [-0.2, -0.15) is 0 Å². The van der Waals surface area contributed by atoms with Gasteiger partial charge in [-0.1, -0.05) is 6.07 Å². The van der Waals surface area contributed by atoms with Crippen LogP contribution in [0.2, 0.25) is 0 Å². The molecule has 1 aliphatic heterocycles. The highest BCUT2D eigenvalue weighted by Crippen LogP contribution is 2.39. The number of aromatic nitrogens is 2. The minimum atomic E-state index is -0.0365. The molecule has 4 aromatic carbocycles. The molecule has 236 valence electrons. The highest BCUT2D eigenvalue weighted by Gasteiger charge is 2.24. The molecule has 10 nitrogen and oxygen atoms in total. The monoisotopic (exact) mass is 620 g/mol. The van der Waals surface area contributed by atoms with E-state index in [2.05, 4.69) is 11.0 Å². The first-order valence-corrected chi connectivity index (χ1v) is 14.9. The van der Waals surface area contributed by atoms with Crippen molar-refractivity contribution in [1.82, 2.24) is 14.9 Å². The number of benzene rings is 4. The zero-order valence-corrected chi connectivity index (χ0v) is 26.6. The van der Waals surface area contributed by atoms with E-state index in [1.807, 2.05) is 77.7 Å². The second-order valence-corrected chi connectivity index (χ2v) is 10.7. The predicted octanol–water partition coefficient (Wildman–Crippen LogP) is 5.97.